The van der Waals surface area contributed by atoms with E-state index < -0.39 is 11.6 Å². The van der Waals surface area contributed by atoms with Crippen molar-refractivity contribution < 1.29 is 14.6 Å². The Morgan fingerprint density at radius 1 is 1.22 bits per heavy atom. The fourth-order valence-electron chi connectivity index (χ4n) is 3.55. The number of aliphatic hydroxyl groups is 1. The third-order valence-electron chi connectivity index (χ3n) is 5.21. The maximum Gasteiger partial charge on any atom is 0.357 e. The molecule has 32 heavy (non-hydrogen) atoms. The van der Waals surface area contributed by atoms with E-state index in [1.165, 1.54) is 0 Å². The molecule has 0 aliphatic carbocycles. The molecule has 3 heterocycles. The zero-order chi connectivity index (χ0) is 23.0. The molecule has 0 bridgehead atoms. The van der Waals surface area contributed by atoms with Crippen molar-refractivity contribution in [2.75, 3.05) is 11.9 Å². The molecule has 0 radical (unpaired) electrons. The number of imidazole rings is 1. The summed E-state index contributed by atoms with van der Waals surface area (Å²) < 4.78 is 9.90. The van der Waals surface area contributed by atoms with Crippen LogP contribution in [0.15, 0.2) is 41.3 Å². The number of nitrogens with zero attached hydrogens (tertiary/aromatic N) is 5. The number of fused-ring (bicyclic) bond motifs is 2. The second-order valence-corrected chi connectivity index (χ2v) is 8.23. The van der Waals surface area contributed by atoms with Gasteiger partial charge in [0.05, 0.1) is 29.4 Å². The summed E-state index contributed by atoms with van der Waals surface area (Å²) in [5, 5.41) is 17.6. The fraction of sp³-hybridized carbons (Fsp3) is 0.364. The largest absolute Gasteiger partial charge is 0.461 e. The molecule has 0 fully saturated rings. The summed E-state index contributed by atoms with van der Waals surface area (Å²) >= 11 is 0. The molecule has 4 aromatic rings. The monoisotopic (exact) mass is 438 g/mol. The van der Waals surface area contributed by atoms with E-state index in [0.717, 1.165) is 11.0 Å². The van der Waals surface area contributed by atoms with Gasteiger partial charge in [0.1, 0.15) is 5.82 Å². The lowest BCUT2D eigenvalue weighted by Crippen LogP contribution is -2.27. The van der Waals surface area contributed by atoms with E-state index in [0.29, 0.717) is 30.1 Å². The Kier molecular flexibility index (Phi) is 5.47. The van der Waals surface area contributed by atoms with Gasteiger partial charge in [-0.05, 0) is 45.4 Å². The molecule has 0 aliphatic heterocycles. The molecule has 168 valence electrons. The molecule has 0 saturated heterocycles. The van der Waals surface area contributed by atoms with Gasteiger partial charge in [-0.3, -0.25) is 9.13 Å². The molecule has 10 nitrogen and oxygen atoms in total. The predicted molar refractivity (Wildman–Crippen MR) is 120 cm³/mol. The van der Waals surface area contributed by atoms with Gasteiger partial charge in [0.25, 0.3) is 0 Å². The topological polar surface area (TPSA) is 116 Å². The summed E-state index contributed by atoms with van der Waals surface area (Å²) in [5.41, 5.74) is 1.86. The van der Waals surface area contributed by atoms with Crippen LogP contribution in [0.3, 0.4) is 0 Å². The Bertz CT molecular complexity index is 1360. The van der Waals surface area contributed by atoms with Crippen molar-refractivity contribution in [1.29, 1.82) is 0 Å². The minimum atomic E-state index is -0.885. The molecular formula is C22H26N6O4. The standard InChI is InChI=1S/C22H26N6O4/c1-5-32-20(29)15-13-19(28-18(25-15)8-10-23-28)24-14-6-7-16-17(12-14)27(21(30)26(16)4)11-9-22(2,3)31/h6-8,10,12-13,24,31H,5,9,11H2,1-4H3. The lowest BCUT2D eigenvalue weighted by molar-refractivity contribution is 0.0519. The highest BCUT2D eigenvalue weighted by Crippen LogP contribution is 2.24. The number of benzene rings is 1. The number of hydrogen-bond donors (Lipinski definition) is 2. The first kappa shape index (κ1) is 21.6. The van der Waals surface area contributed by atoms with Crippen molar-refractivity contribution in [1.82, 2.24) is 23.7 Å². The van der Waals surface area contributed by atoms with Gasteiger partial charge < -0.3 is 15.2 Å². The highest BCUT2D eigenvalue weighted by Gasteiger charge is 2.18. The molecule has 0 spiro atoms. The van der Waals surface area contributed by atoms with E-state index >= 15 is 0 Å². The quantitative estimate of drug-likeness (QED) is 0.426. The van der Waals surface area contributed by atoms with Crippen LogP contribution >= 0.6 is 0 Å². The second kappa shape index (κ2) is 8.12. The van der Waals surface area contributed by atoms with Gasteiger partial charge in [0.15, 0.2) is 11.3 Å². The van der Waals surface area contributed by atoms with Crippen molar-refractivity contribution in [3.05, 3.63) is 52.7 Å². The molecule has 2 N–H and O–H groups in total. The number of aromatic nitrogens is 5. The maximum absolute atomic E-state index is 12.7. The lowest BCUT2D eigenvalue weighted by Gasteiger charge is -2.17. The third kappa shape index (κ3) is 4.09. The normalized spacial score (nSPS) is 11.9. The second-order valence-electron chi connectivity index (χ2n) is 8.23. The number of esters is 1. The van der Waals surface area contributed by atoms with Crippen molar-refractivity contribution >= 4 is 34.2 Å². The fourth-order valence-corrected chi connectivity index (χ4v) is 3.55. The Morgan fingerprint density at radius 3 is 2.72 bits per heavy atom. The first-order valence-corrected chi connectivity index (χ1v) is 10.4. The van der Waals surface area contributed by atoms with E-state index in [4.69, 9.17) is 4.74 Å². The van der Waals surface area contributed by atoms with E-state index in [9.17, 15) is 14.7 Å². The zero-order valence-corrected chi connectivity index (χ0v) is 18.5. The van der Waals surface area contributed by atoms with Crippen molar-refractivity contribution in [3.63, 3.8) is 0 Å². The number of carbonyl (C=O) groups excluding carboxylic acids is 1. The molecule has 0 amide bonds. The highest BCUT2D eigenvalue weighted by atomic mass is 16.5. The van der Waals surface area contributed by atoms with Gasteiger partial charge in [0.2, 0.25) is 0 Å². The molecule has 1 aromatic carbocycles. The molecule has 0 unspecified atom stereocenters. The molecular weight excluding hydrogens is 412 g/mol. The van der Waals surface area contributed by atoms with E-state index in [2.05, 4.69) is 15.4 Å². The number of carbonyl (C=O) groups is 1. The van der Waals surface area contributed by atoms with E-state index in [1.807, 2.05) is 18.2 Å². The van der Waals surface area contributed by atoms with Gasteiger partial charge >= 0.3 is 11.7 Å². The average molecular weight is 438 g/mol. The van der Waals surface area contributed by atoms with Gasteiger partial charge in [-0.15, -0.1) is 0 Å². The number of anilines is 2. The van der Waals surface area contributed by atoms with Crippen LogP contribution in [-0.2, 0) is 18.3 Å². The van der Waals surface area contributed by atoms with Crippen LogP contribution in [-0.4, -0.2) is 47.0 Å². The first-order chi connectivity index (χ1) is 15.2. The number of hydrogen-bond acceptors (Lipinski definition) is 7. The van der Waals surface area contributed by atoms with Crippen molar-refractivity contribution in [2.45, 2.75) is 39.3 Å². The smallest absolute Gasteiger partial charge is 0.357 e. The SMILES string of the molecule is CCOC(=O)c1cc(Nc2ccc3c(c2)n(CCC(C)(C)O)c(=O)n3C)n2nccc2n1. The minimum absolute atomic E-state index is 0.149. The lowest BCUT2D eigenvalue weighted by atomic mass is 10.1. The number of aryl methyl sites for hydroxylation is 2. The van der Waals surface area contributed by atoms with Crippen LogP contribution in [0.1, 0.15) is 37.7 Å². The van der Waals surface area contributed by atoms with E-state index in [1.54, 1.807) is 59.8 Å². The Morgan fingerprint density at radius 2 is 2.00 bits per heavy atom. The third-order valence-corrected chi connectivity index (χ3v) is 5.21. The summed E-state index contributed by atoms with van der Waals surface area (Å²) in [4.78, 5) is 29.3. The van der Waals surface area contributed by atoms with Gasteiger partial charge in [-0.2, -0.15) is 9.61 Å². The summed E-state index contributed by atoms with van der Waals surface area (Å²) in [7, 11) is 1.72. The molecule has 0 saturated carbocycles. The van der Waals surface area contributed by atoms with Gasteiger partial charge in [0, 0.05) is 31.4 Å². The number of nitrogens with one attached hydrogen (secondary N) is 1. The van der Waals surface area contributed by atoms with Crippen LogP contribution in [0.25, 0.3) is 16.7 Å². The van der Waals surface area contributed by atoms with Crippen LogP contribution < -0.4 is 11.0 Å². The molecule has 0 atom stereocenters. The molecule has 3 aromatic heterocycles. The summed E-state index contributed by atoms with van der Waals surface area (Å²) in [5.74, 6) is 0.0157. The number of rotatable bonds is 7. The van der Waals surface area contributed by atoms with Crippen molar-refractivity contribution in [2.24, 2.45) is 7.05 Å². The number of ether oxygens (including phenoxy) is 1. The molecule has 0 aliphatic rings. The minimum Gasteiger partial charge on any atom is -0.461 e. The van der Waals surface area contributed by atoms with Crippen LogP contribution in [0.2, 0.25) is 0 Å². The molecule has 4 rings (SSSR count). The van der Waals surface area contributed by atoms with Gasteiger partial charge in [-0.1, -0.05) is 0 Å². The van der Waals surface area contributed by atoms with Crippen LogP contribution in [0.4, 0.5) is 11.5 Å². The Labute approximate surface area is 184 Å². The first-order valence-electron chi connectivity index (χ1n) is 10.4. The van der Waals surface area contributed by atoms with Crippen LogP contribution in [0, 0.1) is 0 Å². The van der Waals surface area contributed by atoms with E-state index in [-0.39, 0.29) is 18.0 Å². The summed E-state index contributed by atoms with van der Waals surface area (Å²) in [6.45, 7) is 5.81. The predicted octanol–water partition coefficient (Wildman–Crippen LogP) is 2.46. The Hall–Kier alpha value is -3.66. The van der Waals surface area contributed by atoms with Gasteiger partial charge in [-0.25, -0.2) is 14.6 Å². The summed E-state index contributed by atoms with van der Waals surface area (Å²) in [6.07, 6.45) is 2.03. The molecule has 10 heteroatoms. The zero-order valence-electron chi connectivity index (χ0n) is 18.5. The Balaban J connectivity index is 1.75. The highest BCUT2D eigenvalue weighted by molar-refractivity contribution is 5.89. The summed E-state index contributed by atoms with van der Waals surface area (Å²) in [6, 6.07) is 8.84. The van der Waals surface area contributed by atoms with Crippen molar-refractivity contribution in [3.8, 4) is 0 Å². The average Bonchev–Trinajstić information content (AvgIpc) is 3.30. The maximum atomic E-state index is 12.7. The van der Waals surface area contributed by atoms with Crippen LogP contribution in [0.5, 0.6) is 0 Å².